The maximum atomic E-state index is 13.1. The Kier molecular flexibility index (Phi) is 5.85. The third-order valence-corrected chi connectivity index (χ3v) is 8.03. The molecule has 1 N–H and O–H groups in total. The number of esters is 2. The second-order valence-electron chi connectivity index (χ2n) is 10.0. The monoisotopic (exact) mass is 430 g/mol. The van der Waals surface area contributed by atoms with E-state index in [0.717, 1.165) is 5.57 Å². The SMILES string of the molecule is C/C=C(/C)C(=O)O[C@@H]1[C@@H](O)[C@@H](OC(=O)/C(C)=C\C)[C@@]2(C)C3C(=O)C=C(C)[C@H]2C3C1(C)C. The Balaban J connectivity index is 2.13. The summed E-state index contributed by atoms with van der Waals surface area (Å²) in [6, 6.07) is 0. The van der Waals surface area contributed by atoms with Crippen molar-refractivity contribution in [2.75, 3.05) is 0 Å². The minimum atomic E-state index is -1.27. The van der Waals surface area contributed by atoms with Gasteiger partial charge in [0.1, 0.15) is 18.3 Å². The maximum Gasteiger partial charge on any atom is 0.333 e. The number of rotatable bonds is 4. The summed E-state index contributed by atoms with van der Waals surface area (Å²) in [5.41, 5.74) is 0.284. The van der Waals surface area contributed by atoms with E-state index < -0.39 is 47.0 Å². The van der Waals surface area contributed by atoms with Gasteiger partial charge in [0.15, 0.2) is 5.78 Å². The Bertz CT molecular complexity index is 907. The Labute approximate surface area is 184 Å². The van der Waals surface area contributed by atoms with Crippen LogP contribution in [0.5, 0.6) is 0 Å². The molecule has 6 heteroatoms. The number of hydrogen-bond donors (Lipinski definition) is 1. The zero-order valence-corrected chi connectivity index (χ0v) is 19.7. The second-order valence-corrected chi connectivity index (χ2v) is 10.0. The number of allylic oxidation sites excluding steroid dienone is 4. The number of ether oxygens (including phenoxy) is 2. The molecule has 0 amide bonds. The molecule has 0 aliphatic heterocycles. The summed E-state index contributed by atoms with van der Waals surface area (Å²) in [5, 5.41) is 11.5. The molecule has 4 rings (SSSR count). The normalized spacial score (nSPS) is 39.1. The predicted octanol–water partition coefficient (Wildman–Crippen LogP) is 3.54. The van der Waals surface area contributed by atoms with Gasteiger partial charge in [-0.25, -0.2) is 9.59 Å². The number of ketones is 1. The largest absolute Gasteiger partial charge is 0.456 e. The molecule has 3 saturated carbocycles. The van der Waals surface area contributed by atoms with E-state index in [1.54, 1.807) is 45.9 Å². The first-order valence-electron chi connectivity index (χ1n) is 10.9. The van der Waals surface area contributed by atoms with Gasteiger partial charge in [-0.2, -0.15) is 0 Å². The van der Waals surface area contributed by atoms with Crippen LogP contribution in [0.2, 0.25) is 0 Å². The van der Waals surface area contributed by atoms with Gasteiger partial charge in [-0.1, -0.05) is 38.5 Å². The zero-order valence-electron chi connectivity index (χ0n) is 19.7. The van der Waals surface area contributed by atoms with Crippen molar-refractivity contribution in [1.82, 2.24) is 0 Å². The van der Waals surface area contributed by atoms with Gasteiger partial charge in [-0.05, 0) is 52.5 Å². The first-order chi connectivity index (χ1) is 14.3. The highest BCUT2D eigenvalue weighted by atomic mass is 16.6. The van der Waals surface area contributed by atoms with Crippen LogP contribution in [0.1, 0.15) is 55.4 Å². The molecule has 3 fully saturated rings. The highest BCUT2D eigenvalue weighted by Gasteiger charge is 2.76. The van der Waals surface area contributed by atoms with E-state index in [2.05, 4.69) is 0 Å². The van der Waals surface area contributed by atoms with E-state index in [-0.39, 0.29) is 17.6 Å². The highest BCUT2D eigenvalue weighted by molar-refractivity contribution is 5.97. The molecule has 0 heterocycles. The topological polar surface area (TPSA) is 89.9 Å². The van der Waals surface area contributed by atoms with Crippen molar-refractivity contribution in [2.24, 2.45) is 28.6 Å². The summed E-state index contributed by atoms with van der Waals surface area (Å²) in [6.45, 7) is 14.5. The Morgan fingerprint density at radius 3 is 1.90 bits per heavy atom. The van der Waals surface area contributed by atoms with Crippen molar-refractivity contribution in [1.29, 1.82) is 0 Å². The number of hydrogen-bond acceptors (Lipinski definition) is 6. The molecule has 7 atom stereocenters. The van der Waals surface area contributed by atoms with E-state index in [9.17, 15) is 19.5 Å². The summed E-state index contributed by atoms with van der Waals surface area (Å²) in [4.78, 5) is 38.5. The highest BCUT2D eigenvalue weighted by Crippen LogP contribution is 2.72. The van der Waals surface area contributed by atoms with Gasteiger partial charge >= 0.3 is 11.9 Å². The maximum absolute atomic E-state index is 13.1. The van der Waals surface area contributed by atoms with Crippen LogP contribution in [0, 0.1) is 28.6 Å². The molecule has 0 radical (unpaired) electrons. The number of carbonyl (C=O) groups excluding carboxylic acids is 3. The molecule has 4 bridgehead atoms. The van der Waals surface area contributed by atoms with Crippen LogP contribution < -0.4 is 0 Å². The summed E-state index contributed by atoms with van der Waals surface area (Å²) in [7, 11) is 0. The summed E-state index contributed by atoms with van der Waals surface area (Å²) in [5.74, 6) is -1.69. The smallest absolute Gasteiger partial charge is 0.333 e. The summed E-state index contributed by atoms with van der Waals surface area (Å²) >= 11 is 0. The lowest BCUT2D eigenvalue weighted by Crippen LogP contribution is -2.68. The fourth-order valence-corrected chi connectivity index (χ4v) is 6.14. The van der Waals surface area contributed by atoms with Crippen LogP contribution in [0.15, 0.2) is 34.9 Å². The van der Waals surface area contributed by atoms with Crippen LogP contribution in [0.25, 0.3) is 0 Å². The molecule has 6 nitrogen and oxygen atoms in total. The van der Waals surface area contributed by atoms with Crippen LogP contribution in [0.4, 0.5) is 0 Å². The molecule has 0 spiro atoms. The summed E-state index contributed by atoms with van der Waals surface area (Å²) in [6.07, 6.45) is 1.78. The molecule has 0 aromatic rings. The fraction of sp³-hybridized carbons (Fsp3) is 0.640. The molecule has 170 valence electrons. The molecule has 0 aromatic heterocycles. The van der Waals surface area contributed by atoms with Crippen molar-refractivity contribution in [2.45, 2.75) is 73.7 Å². The average Bonchev–Trinajstić information content (AvgIpc) is 2.78. The standard InChI is InChI=1S/C25H34O6/c1-9-12(3)22(28)30-20-19(27)21(31-23(29)13(4)10-2)25(8)16-14(5)11-15(26)17(25)18(16)24(20,6)7/h9-11,16-21,27H,1-8H3/b12-9-,13-10-/t16-,17?,18?,19+,20+,21+,25+/m0/s1. The average molecular weight is 431 g/mol. The van der Waals surface area contributed by atoms with Gasteiger partial charge in [0.25, 0.3) is 0 Å². The second kappa shape index (κ2) is 7.73. The third kappa shape index (κ3) is 3.22. The Morgan fingerprint density at radius 2 is 1.45 bits per heavy atom. The van der Waals surface area contributed by atoms with E-state index in [4.69, 9.17) is 9.47 Å². The van der Waals surface area contributed by atoms with Crippen molar-refractivity contribution in [3.8, 4) is 0 Å². The molecule has 0 saturated heterocycles. The molecule has 4 aliphatic rings. The van der Waals surface area contributed by atoms with Gasteiger partial charge in [-0.3, -0.25) is 4.79 Å². The van der Waals surface area contributed by atoms with Crippen LogP contribution in [0.3, 0.4) is 0 Å². The van der Waals surface area contributed by atoms with Crippen molar-refractivity contribution >= 4 is 17.7 Å². The molecule has 0 aromatic carbocycles. The van der Waals surface area contributed by atoms with Crippen LogP contribution in [-0.2, 0) is 23.9 Å². The van der Waals surface area contributed by atoms with Gasteiger partial charge in [0, 0.05) is 27.9 Å². The van der Waals surface area contributed by atoms with E-state index >= 15 is 0 Å². The molecule has 31 heavy (non-hydrogen) atoms. The molecule has 4 aliphatic carbocycles. The van der Waals surface area contributed by atoms with E-state index in [1.807, 2.05) is 27.7 Å². The van der Waals surface area contributed by atoms with Crippen LogP contribution in [-0.4, -0.2) is 41.1 Å². The van der Waals surface area contributed by atoms with Gasteiger partial charge in [0.05, 0.1) is 0 Å². The Morgan fingerprint density at radius 1 is 0.968 bits per heavy atom. The summed E-state index contributed by atoms with van der Waals surface area (Å²) < 4.78 is 11.7. The first kappa shape index (κ1) is 23.5. The van der Waals surface area contributed by atoms with E-state index in [1.165, 1.54) is 0 Å². The van der Waals surface area contributed by atoms with Gasteiger partial charge < -0.3 is 14.6 Å². The number of fused-ring (bicyclic) bond motifs is 3. The van der Waals surface area contributed by atoms with E-state index in [0.29, 0.717) is 11.1 Å². The Hall–Kier alpha value is -2.21. The quantitative estimate of drug-likeness (QED) is 0.542. The lowest BCUT2D eigenvalue weighted by atomic mass is 9.37. The zero-order chi connectivity index (χ0) is 23.5. The van der Waals surface area contributed by atoms with Crippen molar-refractivity contribution < 1.29 is 29.0 Å². The number of aliphatic hydroxyl groups is 1. The van der Waals surface area contributed by atoms with Crippen LogP contribution >= 0.6 is 0 Å². The number of aliphatic hydroxyl groups excluding tert-OH is 1. The number of carbonyl (C=O) groups is 3. The van der Waals surface area contributed by atoms with Crippen molar-refractivity contribution in [3.05, 3.63) is 34.9 Å². The predicted molar refractivity (Wildman–Crippen MR) is 116 cm³/mol. The lowest BCUT2D eigenvalue weighted by Gasteiger charge is -2.65. The molecular formula is C25H34O6. The lowest BCUT2D eigenvalue weighted by molar-refractivity contribution is -0.208. The minimum Gasteiger partial charge on any atom is -0.456 e. The molecular weight excluding hydrogens is 396 g/mol. The minimum absolute atomic E-state index is 0.0202. The fourth-order valence-electron chi connectivity index (χ4n) is 6.14. The van der Waals surface area contributed by atoms with Gasteiger partial charge in [0.2, 0.25) is 0 Å². The third-order valence-electron chi connectivity index (χ3n) is 8.03. The molecule has 2 unspecified atom stereocenters. The van der Waals surface area contributed by atoms with Gasteiger partial charge in [-0.15, -0.1) is 0 Å². The first-order valence-corrected chi connectivity index (χ1v) is 10.9. The van der Waals surface area contributed by atoms with Crippen molar-refractivity contribution in [3.63, 3.8) is 0 Å².